The van der Waals surface area contributed by atoms with Gasteiger partial charge >= 0.3 is 0 Å². The summed E-state index contributed by atoms with van der Waals surface area (Å²) in [7, 11) is 0. The number of nitrogens with one attached hydrogen (secondary N) is 2. The molecule has 1 aliphatic rings. The number of aromatic nitrogens is 3. The Bertz CT molecular complexity index is 1300. The Morgan fingerprint density at radius 2 is 2.00 bits per heavy atom. The smallest absolute Gasteiger partial charge is 0.224 e. The van der Waals surface area contributed by atoms with E-state index in [-0.39, 0.29) is 5.91 Å². The molecule has 1 fully saturated rings. The third-order valence-electron chi connectivity index (χ3n) is 5.43. The van der Waals surface area contributed by atoms with Crippen LogP contribution in [0, 0.1) is 5.92 Å². The molecule has 6 nitrogen and oxygen atoms in total. The predicted octanol–water partition coefficient (Wildman–Crippen LogP) is 6.16. The lowest BCUT2D eigenvalue weighted by molar-refractivity contribution is -0.116. The summed E-state index contributed by atoms with van der Waals surface area (Å²) < 4.78 is 2.56. The zero-order chi connectivity index (χ0) is 22.1. The highest BCUT2D eigenvalue weighted by Crippen LogP contribution is 2.33. The van der Waals surface area contributed by atoms with Gasteiger partial charge in [-0.2, -0.15) is 9.61 Å². The van der Waals surface area contributed by atoms with Gasteiger partial charge in [-0.25, -0.2) is 4.98 Å². The van der Waals surface area contributed by atoms with Crippen molar-refractivity contribution in [3.05, 3.63) is 75.9 Å². The van der Waals surface area contributed by atoms with Crippen molar-refractivity contribution in [2.24, 2.45) is 5.92 Å². The van der Waals surface area contributed by atoms with Crippen molar-refractivity contribution in [2.75, 3.05) is 10.6 Å². The van der Waals surface area contributed by atoms with Crippen LogP contribution < -0.4 is 10.6 Å². The minimum Gasteiger partial charge on any atom is -0.366 e. The molecule has 2 heterocycles. The second-order valence-corrected chi connectivity index (χ2v) is 9.25. The summed E-state index contributed by atoms with van der Waals surface area (Å²) >= 11 is 9.94. The van der Waals surface area contributed by atoms with E-state index in [1.807, 2.05) is 54.6 Å². The van der Waals surface area contributed by atoms with Crippen molar-refractivity contribution in [3.63, 3.8) is 0 Å². The summed E-state index contributed by atoms with van der Waals surface area (Å²) in [6.45, 7) is 0.560. The zero-order valence-corrected chi connectivity index (χ0v) is 19.5. The Balaban J connectivity index is 1.39. The Morgan fingerprint density at radius 1 is 1.16 bits per heavy atom. The van der Waals surface area contributed by atoms with Crippen LogP contribution in [0.5, 0.6) is 0 Å². The fourth-order valence-electron chi connectivity index (χ4n) is 3.62. The average molecular weight is 511 g/mol. The summed E-state index contributed by atoms with van der Waals surface area (Å²) in [6.07, 6.45) is 4.66. The van der Waals surface area contributed by atoms with Crippen LogP contribution >= 0.6 is 27.5 Å². The van der Waals surface area contributed by atoms with Gasteiger partial charge in [-0.15, -0.1) is 0 Å². The number of benzene rings is 2. The van der Waals surface area contributed by atoms with Gasteiger partial charge in [0.15, 0.2) is 5.65 Å². The van der Waals surface area contributed by atoms with Crippen LogP contribution in [-0.2, 0) is 11.3 Å². The first-order valence-electron chi connectivity index (χ1n) is 10.5. The number of halogens is 2. The van der Waals surface area contributed by atoms with Crippen LogP contribution in [0.4, 0.5) is 11.5 Å². The van der Waals surface area contributed by atoms with Crippen molar-refractivity contribution in [2.45, 2.75) is 25.8 Å². The molecule has 1 aliphatic carbocycles. The van der Waals surface area contributed by atoms with Crippen LogP contribution in [-0.4, -0.2) is 20.5 Å². The van der Waals surface area contributed by atoms with Crippen LogP contribution in [0.15, 0.2) is 65.3 Å². The second-order valence-electron chi connectivity index (χ2n) is 7.98. The number of rotatable bonds is 7. The fourth-order valence-corrected chi connectivity index (χ4v) is 4.20. The minimum atomic E-state index is 0.0826. The molecule has 2 aromatic heterocycles. The van der Waals surface area contributed by atoms with Crippen LogP contribution in [0.1, 0.15) is 24.8 Å². The molecule has 5 rings (SSSR count). The van der Waals surface area contributed by atoms with Crippen molar-refractivity contribution < 1.29 is 4.79 Å². The van der Waals surface area contributed by atoms with E-state index in [1.165, 1.54) is 0 Å². The van der Waals surface area contributed by atoms with Crippen LogP contribution in [0.2, 0.25) is 5.02 Å². The van der Waals surface area contributed by atoms with E-state index in [0.717, 1.165) is 45.6 Å². The average Bonchev–Trinajstić information content (AvgIpc) is 3.52. The first-order chi connectivity index (χ1) is 15.6. The second kappa shape index (κ2) is 8.92. The SMILES string of the molecule is O=C(CC1CC1)Nc1cccc(CNc2cc(-c3ccccc3Cl)nc3c(Br)cnn23)c1. The van der Waals surface area contributed by atoms with Gasteiger partial charge in [-0.3, -0.25) is 4.79 Å². The Labute approximate surface area is 199 Å². The maximum atomic E-state index is 12.1. The molecule has 8 heteroatoms. The highest BCUT2D eigenvalue weighted by molar-refractivity contribution is 9.10. The Hall–Kier alpha value is -2.90. The number of nitrogens with zero attached hydrogens (tertiary/aromatic N) is 3. The first kappa shape index (κ1) is 21.0. The number of carbonyl (C=O) groups is 1. The molecule has 0 saturated heterocycles. The van der Waals surface area contributed by atoms with Crippen molar-refractivity contribution in [3.8, 4) is 11.3 Å². The van der Waals surface area contributed by atoms with Crippen molar-refractivity contribution in [1.82, 2.24) is 14.6 Å². The topological polar surface area (TPSA) is 71.3 Å². The van der Waals surface area contributed by atoms with Crippen LogP contribution in [0.3, 0.4) is 0 Å². The van der Waals surface area contributed by atoms with Gasteiger partial charge in [0.25, 0.3) is 0 Å². The van der Waals surface area contributed by atoms with Gasteiger partial charge in [0, 0.05) is 35.3 Å². The quantitative estimate of drug-likeness (QED) is 0.312. The summed E-state index contributed by atoms with van der Waals surface area (Å²) in [4.78, 5) is 16.9. The maximum Gasteiger partial charge on any atom is 0.224 e. The van der Waals surface area contributed by atoms with E-state index in [2.05, 4.69) is 31.7 Å². The fraction of sp³-hybridized carbons (Fsp3) is 0.208. The lowest BCUT2D eigenvalue weighted by atomic mass is 10.1. The molecular weight excluding hydrogens is 490 g/mol. The third-order valence-corrected chi connectivity index (χ3v) is 6.32. The van der Waals surface area contributed by atoms with E-state index >= 15 is 0 Å². The Morgan fingerprint density at radius 3 is 2.81 bits per heavy atom. The summed E-state index contributed by atoms with van der Waals surface area (Å²) in [6, 6.07) is 17.5. The third kappa shape index (κ3) is 4.64. The molecular formula is C24H21BrClN5O. The molecule has 1 saturated carbocycles. The highest BCUT2D eigenvalue weighted by Gasteiger charge is 2.24. The molecule has 0 spiro atoms. The predicted molar refractivity (Wildman–Crippen MR) is 131 cm³/mol. The van der Waals surface area contributed by atoms with E-state index in [1.54, 1.807) is 10.7 Å². The van der Waals surface area contributed by atoms with Gasteiger partial charge < -0.3 is 10.6 Å². The number of anilines is 2. The minimum absolute atomic E-state index is 0.0826. The van der Waals surface area contributed by atoms with Crippen molar-refractivity contribution >= 4 is 50.6 Å². The van der Waals surface area contributed by atoms with Crippen LogP contribution in [0.25, 0.3) is 16.9 Å². The summed E-state index contributed by atoms with van der Waals surface area (Å²) in [5, 5.41) is 11.5. The number of hydrogen-bond donors (Lipinski definition) is 2. The van der Waals surface area contributed by atoms with Gasteiger partial charge in [-0.05, 0) is 58.5 Å². The van der Waals surface area contributed by atoms with E-state index < -0.39 is 0 Å². The summed E-state index contributed by atoms with van der Waals surface area (Å²) in [5.41, 5.74) is 4.17. The molecule has 2 aromatic carbocycles. The zero-order valence-electron chi connectivity index (χ0n) is 17.2. The number of fused-ring (bicyclic) bond motifs is 1. The molecule has 1 amide bonds. The molecule has 0 bridgehead atoms. The lowest BCUT2D eigenvalue weighted by Crippen LogP contribution is -2.12. The molecule has 4 aromatic rings. The number of amides is 1. The van der Waals surface area contributed by atoms with E-state index in [0.29, 0.717) is 29.6 Å². The van der Waals surface area contributed by atoms with E-state index in [4.69, 9.17) is 16.6 Å². The normalized spacial score (nSPS) is 13.3. The van der Waals surface area contributed by atoms with Gasteiger partial charge in [-0.1, -0.05) is 41.9 Å². The molecule has 2 N–H and O–H groups in total. The molecule has 0 radical (unpaired) electrons. The summed E-state index contributed by atoms with van der Waals surface area (Å²) in [5.74, 6) is 1.44. The first-order valence-corrected chi connectivity index (χ1v) is 11.7. The van der Waals surface area contributed by atoms with Gasteiger partial charge in [0.2, 0.25) is 5.91 Å². The molecule has 0 atom stereocenters. The molecule has 32 heavy (non-hydrogen) atoms. The standard InChI is InChI=1S/C24H21BrClN5O/c25-19-14-28-31-22(12-21(30-24(19)31)18-6-1-2-7-20(18)26)27-13-16-4-3-5-17(10-16)29-23(32)11-15-8-9-15/h1-7,10,12,14-15,27H,8-9,11,13H2,(H,29,32). The van der Waals surface area contributed by atoms with Gasteiger partial charge in [0.05, 0.1) is 16.4 Å². The van der Waals surface area contributed by atoms with Crippen molar-refractivity contribution in [1.29, 1.82) is 0 Å². The number of carbonyl (C=O) groups excluding carboxylic acids is 1. The van der Waals surface area contributed by atoms with E-state index in [9.17, 15) is 4.79 Å². The molecule has 162 valence electrons. The Kier molecular flexibility index (Phi) is 5.85. The largest absolute Gasteiger partial charge is 0.366 e. The van der Waals surface area contributed by atoms with Gasteiger partial charge in [0.1, 0.15) is 5.82 Å². The molecule has 0 aliphatic heterocycles. The lowest BCUT2D eigenvalue weighted by Gasteiger charge is -2.12. The maximum absolute atomic E-state index is 12.1. The number of hydrogen-bond acceptors (Lipinski definition) is 4. The molecule has 0 unspecified atom stereocenters. The highest BCUT2D eigenvalue weighted by atomic mass is 79.9. The monoisotopic (exact) mass is 509 g/mol.